The molecule has 1 aromatic heterocycles. The van der Waals surface area contributed by atoms with Crippen molar-refractivity contribution < 1.29 is 9.90 Å². The van der Waals surface area contributed by atoms with E-state index in [2.05, 4.69) is 30.7 Å². The van der Waals surface area contributed by atoms with Crippen LogP contribution in [0.1, 0.15) is 25.1 Å². The van der Waals surface area contributed by atoms with Crippen LogP contribution in [0.15, 0.2) is 24.3 Å². The standard InChI is InChI=1S/C18H26N6O2/c1-13-20-17(23-22-13)14-5-4-6-15(11-14)21-18(26)19-8-10-24-9-3-2-7-16(24)12-25/h4-6,11,16,25H,2-3,7-10,12H2,1H3,(H2,19,21,26)(H,20,22,23). The number of aromatic nitrogens is 3. The summed E-state index contributed by atoms with van der Waals surface area (Å²) in [6.07, 6.45) is 3.34. The number of rotatable bonds is 6. The van der Waals surface area contributed by atoms with Gasteiger partial charge in [0.15, 0.2) is 5.82 Å². The zero-order valence-electron chi connectivity index (χ0n) is 15.0. The van der Waals surface area contributed by atoms with E-state index in [9.17, 15) is 9.90 Å². The van der Waals surface area contributed by atoms with Crippen molar-refractivity contribution >= 4 is 11.7 Å². The molecule has 0 aliphatic carbocycles. The molecule has 140 valence electrons. The van der Waals surface area contributed by atoms with E-state index in [1.165, 1.54) is 0 Å². The highest BCUT2D eigenvalue weighted by atomic mass is 16.3. The Morgan fingerprint density at radius 2 is 2.31 bits per heavy atom. The minimum absolute atomic E-state index is 0.180. The molecule has 2 heterocycles. The maximum atomic E-state index is 12.1. The van der Waals surface area contributed by atoms with Crippen molar-refractivity contribution in [3.05, 3.63) is 30.1 Å². The van der Waals surface area contributed by atoms with Crippen LogP contribution in [0.5, 0.6) is 0 Å². The van der Waals surface area contributed by atoms with Crippen LogP contribution in [0.3, 0.4) is 0 Å². The Hall–Kier alpha value is -2.45. The van der Waals surface area contributed by atoms with Crippen LogP contribution in [0, 0.1) is 6.92 Å². The third-order valence-corrected chi connectivity index (χ3v) is 4.62. The molecule has 4 N–H and O–H groups in total. The van der Waals surface area contributed by atoms with Crippen LogP contribution in [0.2, 0.25) is 0 Å². The first-order valence-electron chi connectivity index (χ1n) is 9.05. The monoisotopic (exact) mass is 358 g/mol. The summed E-state index contributed by atoms with van der Waals surface area (Å²) in [6.45, 7) is 4.29. The van der Waals surface area contributed by atoms with Gasteiger partial charge in [-0.25, -0.2) is 9.78 Å². The molecule has 1 saturated heterocycles. The van der Waals surface area contributed by atoms with Gasteiger partial charge in [0.05, 0.1) is 6.61 Å². The molecular formula is C18H26N6O2. The highest BCUT2D eigenvalue weighted by molar-refractivity contribution is 5.89. The van der Waals surface area contributed by atoms with Crippen molar-refractivity contribution in [1.82, 2.24) is 25.4 Å². The van der Waals surface area contributed by atoms with Gasteiger partial charge < -0.3 is 15.7 Å². The predicted octanol–water partition coefficient (Wildman–Crippen LogP) is 1.75. The molecule has 8 heteroatoms. The molecule has 2 amide bonds. The zero-order valence-corrected chi connectivity index (χ0v) is 15.0. The van der Waals surface area contributed by atoms with E-state index < -0.39 is 0 Å². The topological polar surface area (TPSA) is 106 Å². The normalized spacial score (nSPS) is 17.8. The largest absolute Gasteiger partial charge is 0.395 e. The summed E-state index contributed by atoms with van der Waals surface area (Å²) in [4.78, 5) is 18.7. The third kappa shape index (κ3) is 4.80. The first kappa shape index (κ1) is 18.3. The Bertz CT molecular complexity index is 732. The fourth-order valence-corrected chi connectivity index (χ4v) is 3.26. The number of carbonyl (C=O) groups is 1. The number of aliphatic hydroxyl groups is 1. The Morgan fingerprint density at radius 3 is 3.08 bits per heavy atom. The number of hydrogen-bond donors (Lipinski definition) is 4. The van der Waals surface area contributed by atoms with Gasteiger partial charge in [-0.1, -0.05) is 18.6 Å². The summed E-state index contributed by atoms with van der Waals surface area (Å²) in [7, 11) is 0. The number of piperidine rings is 1. The Kier molecular flexibility index (Phi) is 6.19. The number of aliphatic hydroxyl groups excluding tert-OH is 1. The Balaban J connectivity index is 1.49. The summed E-state index contributed by atoms with van der Waals surface area (Å²) in [6, 6.07) is 7.40. The molecule has 1 atom stereocenters. The number of benzene rings is 1. The molecule has 1 aliphatic heterocycles. The molecule has 0 saturated carbocycles. The molecule has 8 nitrogen and oxygen atoms in total. The smallest absolute Gasteiger partial charge is 0.319 e. The van der Waals surface area contributed by atoms with Gasteiger partial charge in [0, 0.05) is 30.4 Å². The van der Waals surface area contributed by atoms with E-state index in [-0.39, 0.29) is 18.7 Å². The van der Waals surface area contributed by atoms with Crippen molar-refractivity contribution in [3.8, 4) is 11.4 Å². The second kappa shape index (κ2) is 8.77. The summed E-state index contributed by atoms with van der Waals surface area (Å²) in [5.74, 6) is 1.35. The Labute approximate surface area is 153 Å². The molecule has 1 unspecified atom stereocenters. The zero-order chi connectivity index (χ0) is 18.4. The molecule has 1 fully saturated rings. The van der Waals surface area contributed by atoms with Crippen LogP contribution < -0.4 is 10.6 Å². The van der Waals surface area contributed by atoms with Crippen LogP contribution >= 0.6 is 0 Å². The summed E-state index contributed by atoms with van der Waals surface area (Å²) < 4.78 is 0. The van der Waals surface area contributed by atoms with Gasteiger partial charge >= 0.3 is 6.03 Å². The number of nitrogens with one attached hydrogen (secondary N) is 3. The van der Waals surface area contributed by atoms with Gasteiger partial charge in [0.25, 0.3) is 0 Å². The maximum absolute atomic E-state index is 12.1. The van der Waals surface area contributed by atoms with Gasteiger partial charge in [0.2, 0.25) is 0 Å². The molecule has 0 bridgehead atoms. The number of aryl methyl sites for hydroxylation is 1. The third-order valence-electron chi connectivity index (χ3n) is 4.62. The first-order valence-corrected chi connectivity index (χ1v) is 9.05. The lowest BCUT2D eigenvalue weighted by Gasteiger charge is -2.34. The second-order valence-electron chi connectivity index (χ2n) is 6.57. The SMILES string of the molecule is Cc1nc(-c2cccc(NC(=O)NCCN3CCCCC3CO)c2)n[nH]1. The number of nitrogens with zero attached hydrogens (tertiary/aromatic N) is 3. The minimum Gasteiger partial charge on any atom is -0.395 e. The van der Waals surface area contributed by atoms with Gasteiger partial charge in [-0.15, -0.1) is 0 Å². The molecule has 0 radical (unpaired) electrons. The molecule has 2 aromatic rings. The van der Waals surface area contributed by atoms with E-state index in [1.54, 1.807) is 0 Å². The summed E-state index contributed by atoms with van der Waals surface area (Å²) in [5, 5.41) is 22.1. The van der Waals surface area contributed by atoms with Crippen molar-refractivity contribution in [2.75, 3.05) is 31.6 Å². The van der Waals surface area contributed by atoms with Crippen LogP contribution in [-0.2, 0) is 0 Å². The molecular weight excluding hydrogens is 332 g/mol. The van der Waals surface area contributed by atoms with Crippen molar-refractivity contribution in [2.24, 2.45) is 0 Å². The number of aromatic amines is 1. The van der Waals surface area contributed by atoms with Gasteiger partial charge in [-0.2, -0.15) is 5.10 Å². The fraction of sp³-hybridized carbons (Fsp3) is 0.500. The molecule has 1 aliphatic rings. The predicted molar refractivity (Wildman–Crippen MR) is 99.9 cm³/mol. The van der Waals surface area contributed by atoms with Crippen LogP contribution in [0.25, 0.3) is 11.4 Å². The molecule has 1 aromatic carbocycles. The second-order valence-corrected chi connectivity index (χ2v) is 6.57. The lowest BCUT2D eigenvalue weighted by atomic mass is 10.0. The van der Waals surface area contributed by atoms with Gasteiger partial charge in [-0.05, 0) is 38.4 Å². The Morgan fingerprint density at radius 1 is 1.42 bits per heavy atom. The number of carbonyl (C=O) groups excluding carboxylic acids is 1. The number of H-pyrrole nitrogens is 1. The van der Waals surface area contributed by atoms with E-state index >= 15 is 0 Å². The van der Waals surface area contributed by atoms with Crippen molar-refractivity contribution in [2.45, 2.75) is 32.2 Å². The molecule has 26 heavy (non-hydrogen) atoms. The van der Waals surface area contributed by atoms with Crippen LogP contribution in [-0.4, -0.2) is 63.5 Å². The van der Waals surface area contributed by atoms with Gasteiger partial charge in [0.1, 0.15) is 5.82 Å². The lowest BCUT2D eigenvalue weighted by molar-refractivity contribution is 0.0917. The van der Waals surface area contributed by atoms with E-state index in [0.29, 0.717) is 18.1 Å². The lowest BCUT2D eigenvalue weighted by Crippen LogP contribution is -2.46. The minimum atomic E-state index is -0.245. The van der Waals surface area contributed by atoms with Crippen molar-refractivity contribution in [3.63, 3.8) is 0 Å². The maximum Gasteiger partial charge on any atom is 0.319 e. The van der Waals surface area contributed by atoms with E-state index in [1.807, 2.05) is 31.2 Å². The number of amides is 2. The fourth-order valence-electron chi connectivity index (χ4n) is 3.26. The number of urea groups is 1. The summed E-state index contributed by atoms with van der Waals surface area (Å²) in [5.41, 5.74) is 1.53. The van der Waals surface area contributed by atoms with Crippen molar-refractivity contribution in [1.29, 1.82) is 0 Å². The average molecular weight is 358 g/mol. The molecule has 3 rings (SSSR count). The number of hydrogen-bond acceptors (Lipinski definition) is 5. The number of likely N-dealkylation sites (tertiary alicyclic amines) is 1. The number of anilines is 1. The van der Waals surface area contributed by atoms with E-state index in [4.69, 9.17) is 0 Å². The molecule has 0 spiro atoms. The van der Waals surface area contributed by atoms with E-state index in [0.717, 1.165) is 43.7 Å². The first-order chi connectivity index (χ1) is 12.7. The van der Waals surface area contributed by atoms with Gasteiger partial charge in [-0.3, -0.25) is 10.00 Å². The quantitative estimate of drug-likeness (QED) is 0.629. The highest BCUT2D eigenvalue weighted by Crippen LogP contribution is 2.19. The highest BCUT2D eigenvalue weighted by Gasteiger charge is 2.21. The van der Waals surface area contributed by atoms with Crippen LogP contribution in [0.4, 0.5) is 10.5 Å². The summed E-state index contributed by atoms with van der Waals surface area (Å²) >= 11 is 0. The average Bonchev–Trinajstić information content (AvgIpc) is 3.09.